The number of benzene rings is 2. The predicted octanol–water partition coefficient (Wildman–Crippen LogP) is 5.80. The normalized spacial score (nSPS) is 13.0. The number of thioether (sulfide) groups is 1. The summed E-state index contributed by atoms with van der Waals surface area (Å²) in [5.74, 6) is 0.990. The number of carbonyl (C=O) groups is 1. The molecule has 0 unspecified atom stereocenters. The molecule has 0 aliphatic carbocycles. The van der Waals surface area contributed by atoms with Crippen LogP contribution in [0.15, 0.2) is 52.1 Å². The molecule has 0 aliphatic heterocycles. The van der Waals surface area contributed by atoms with Crippen LogP contribution in [0.2, 0.25) is 10.0 Å². The molecule has 1 aromatic heterocycles. The molecule has 0 spiro atoms. The smallest absolute Gasteiger partial charge is 0.277 e. The third-order valence-corrected chi connectivity index (χ3v) is 5.75. The molecule has 0 bridgehead atoms. The van der Waals surface area contributed by atoms with Gasteiger partial charge < -0.3 is 14.5 Å². The Kier molecular flexibility index (Phi) is 7.64. The molecule has 9 heteroatoms. The maximum Gasteiger partial charge on any atom is 0.277 e. The van der Waals surface area contributed by atoms with Crippen molar-refractivity contribution in [2.75, 3.05) is 6.61 Å². The van der Waals surface area contributed by atoms with Crippen molar-refractivity contribution in [1.29, 1.82) is 0 Å². The Morgan fingerprint density at radius 1 is 1.17 bits per heavy atom. The van der Waals surface area contributed by atoms with Crippen LogP contribution in [-0.4, -0.2) is 28.0 Å². The van der Waals surface area contributed by atoms with Crippen LogP contribution in [0.1, 0.15) is 32.4 Å². The molecule has 6 nitrogen and oxygen atoms in total. The molecule has 1 N–H and O–H groups in total. The number of hydrogen-bond acceptors (Lipinski definition) is 6. The Labute approximate surface area is 189 Å². The van der Waals surface area contributed by atoms with Crippen LogP contribution in [0.4, 0.5) is 0 Å². The van der Waals surface area contributed by atoms with E-state index in [1.165, 1.54) is 11.8 Å². The van der Waals surface area contributed by atoms with Gasteiger partial charge in [-0.25, -0.2) is 0 Å². The minimum absolute atomic E-state index is 0.167. The van der Waals surface area contributed by atoms with E-state index in [1.807, 2.05) is 38.1 Å². The summed E-state index contributed by atoms with van der Waals surface area (Å²) in [5.41, 5.74) is 1.57. The first kappa shape index (κ1) is 22.5. The Hall–Kier alpha value is -2.22. The third kappa shape index (κ3) is 5.68. The van der Waals surface area contributed by atoms with Gasteiger partial charge in [-0.05, 0) is 62.7 Å². The van der Waals surface area contributed by atoms with Crippen molar-refractivity contribution < 1.29 is 13.9 Å². The molecule has 0 fully saturated rings. The highest BCUT2D eigenvalue weighted by molar-refractivity contribution is 8.00. The van der Waals surface area contributed by atoms with Gasteiger partial charge in [0.25, 0.3) is 5.22 Å². The zero-order valence-corrected chi connectivity index (χ0v) is 19.0. The standard InChI is InChI=1S/C21H21Cl2N3O3S/c1-4-28-16-8-5-14(6-9-16)20-25-26-21(29-20)30-13(3)19(27)24-12(2)17-10-7-15(22)11-18(17)23/h5-13H,4H2,1-3H3,(H,24,27)/t12-,13+/m0/s1. The second-order valence-electron chi connectivity index (χ2n) is 6.49. The van der Waals surface area contributed by atoms with Crippen LogP contribution in [0.5, 0.6) is 5.75 Å². The van der Waals surface area contributed by atoms with Crippen LogP contribution >= 0.6 is 35.0 Å². The number of aromatic nitrogens is 2. The molecular formula is C21H21Cl2N3O3S. The Morgan fingerprint density at radius 2 is 1.90 bits per heavy atom. The summed E-state index contributed by atoms with van der Waals surface area (Å²) in [6.45, 7) is 6.17. The molecule has 1 heterocycles. The number of carbonyl (C=O) groups excluding carboxylic acids is 1. The van der Waals surface area contributed by atoms with E-state index >= 15 is 0 Å². The molecule has 2 aromatic carbocycles. The highest BCUT2D eigenvalue weighted by atomic mass is 35.5. The number of nitrogens with one attached hydrogen (secondary N) is 1. The number of nitrogens with zero attached hydrogens (tertiary/aromatic N) is 2. The van der Waals surface area contributed by atoms with Crippen LogP contribution in [0.3, 0.4) is 0 Å². The minimum atomic E-state index is -0.438. The fourth-order valence-corrected chi connectivity index (χ4v) is 3.97. The van der Waals surface area contributed by atoms with Crippen LogP contribution < -0.4 is 10.1 Å². The fraction of sp³-hybridized carbons (Fsp3) is 0.286. The molecule has 30 heavy (non-hydrogen) atoms. The summed E-state index contributed by atoms with van der Waals surface area (Å²) in [4.78, 5) is 12.6. The Bertz CT molecular complexity index is 1010. The first-order valence-electron chi connectivity index (χ1n) is 9.36. The van der Waals surface area contributed by atoms with E-state index in [4.69, 9.17) is 32.4 Å². The summed E-state index contributed by atoms with van der Waals surface area (Å²) < 4.78 is 11.1. The second-order valence-corrected chi connectivity index (χ2v) is 8.62. The number of amides is 1. The van der Waals surface area contributed by atoms with Crippen molar-refractivity contribution in [3.63, 3.8) is 0 Å². The second kappa shape index (κ2) is 10.2. The minimum Gasteiger partial charge on any atom is -0.494 e. The quantitative estimate of drug-likeness (QED) is 0.423. The predicted molar refractivity (Wildman–Crippen MR) is 119 cm³/mol. The van der Waals surface area contributed by atoms with Crippen LogP contribution in [0.25, 0.3) is 11.5 Å². The summed E-state index contributed by atoms with van der Waals surface area (Å²) in [6, 6.07) is 12.3. The van der Waals surface area contributed by atoms with Crippen molar-refractivity contribution in [3.8, 4) is 17.2 Å². The fourth-order valence-electron chi connectivity index (χ4n) is 2.70. The number of halogens is 2. The van der Waals surface area contributed by atoms with Crippen molar-refractivity contribution in [2.45, 2.75) is 37.3 Å². The Morgan fingerprint density at radius 3 is 2.57 bits per heavy atom. The maximum absolute atomic E-state index is 12.6. The summed E-state index contributed by atoms with van der Waals surface area (Å²) >= 11 is 13.3. The van der Waals surface area contributed by atoms with Crippen LogP contribution in [-0.2, 0) is 4.79 Å². The van der Waals surface area contributed by atoms with Gasteiger partial charge in [0.2, 0.25) is 11.8 Å². The van der Waals surface area contributed by atoms with Gasteiger partial charge in [-0.2, -0.15) is 0 Å². The van der Waals surface area contributed by atoms with Gasteiger partial charge in [0.1, 0.15) is 5.75 Å². The van der Waals surface area contributed by atoms with E-state index in [-0.39, 0.29) is 11.9 Å². The van der Waals surface area contributed by atoms with Crippen molar-refractivity contribution >= 4 is 40.9 Å². The maximum atomic E-state index is 12.6. The van der Waals surface area contributed by atoms with Gasteiger partial charge in [-0.3, -0.25) is 4.79 Å². The van der Waals surface area contributed by atoms with Crippen LogP contribution in [0, 0.1) is 0 Å². The highest BCUT2D eigenvalue weighted by Gasteiger charge is 2.21. The molecular weight excluding hydrogens is 445 g/mol. The summed E-state index contributed by atoms with van der Waals surface area (Å²) in [6.07, 6.45) is 0. The van der Waals surface area contributed by atoms with E-state index < -0.39 is 5.25 Å². The summed E-state index contributed by atoms with van der Waals surface area (Å²) in [5, 5.41) is 12.0. The monoisotopic (exact) mass is 465 g/mol. The summed E-state index contributed by atoms with van der Waals surface area (Å²) in [7, 11) is 0. The zero-order chi connectivity index (χ0) is 21.7. The molecule has 0 radical (unpaired) electrons. The molecule has 158 valence electrons. The lowest BCUT2D eigenvalue weighted by Gasteiger charge is -2.18. The van der Waals surface area contributed by atoms with Gasteiger partial charge >= 0.3 is 0 Å². The van der Waals surface area contributed by atoms with E-state index in [2.05, 4.69) is 15.5 Å². The molecule has 3 aromatic rings. The molecule has 0 saturated heterocycles. The lowest BCUT2D eigenvalue weighted by Crippen LogP contribution is -2.33. The molecule has 1 amide bonds. The molecule has 0 saturated carbocycles. The van der Waals surface area contributed by atoms with E-state index in [0.717, 1.165) is 16.9 Å². The lowest BCUT2D eigenvalue weighted by molar-refractivity contribution is -0.120. The number of hydrogen-bond donors (Lipinski definition) is 1. The zero-order valence-electron chi connectivity index (χ0n) is 16.7. The van der Waals surface area contributed by atoms with Gasteiger partial charge in [-0.15, -0.1) is 10.2 Å². The topological polar surface area (TPSA) is 77.2 Å². The first-order chi connectivity index (χ1) is 14.4. The largest absolute Gasteiger partial charge is 0.494 e. The molecule has 2 atom stereocenters. The SMILES string of the molecule is CCOc1ccc(-c2nnc(S[C@H](C)C(=O)N[C@@H](C)c3ccc(Cl)cc3Cl)o2)cc1. The first-order valence-corrected chi connectivity index (χ1v) is 11.0. The molecule has 3 rings (SSSR count). The van der Waals surface area contributed by atoms with E-state index in [0.29, 0.717) is 27.8 Å². The van der Waals surface area contributed by atoms with Crippen molar-refractivity contribution in [1.82, 2.24) is 15.5 Å². The van der Waals surface area contributed by atoms with E-state index in [9.17, 15) is 4.79 Å². The Balaban J connectivity index is 1.60. The van der Waals surface area contributed by atoms with Gasteiger partial charge in [-0.1, -0.05) is 41.0 Å². The number of ether oxygens (including phenoxy) is 1. The lowest BCUT2D eigenvalue weighted by atomic mass is 10.1. The van der Waals surface area contributed by atoms with Gasteiger partial charge in [0.05, 0.1) is 17.9 Å². The molecule has 0 aliphatic rings. The average molecular weight is 466 g/mol. The van der Waals surface area contributed by atoms with Crippen molar-refractivity contribution in [2.24, 2.45) is 0 Å². The average Bonchev–Trinajstić information content (AvgIpc) is 3.17. The highest BCUT2D eigenvalue weighted by Crippen LogP contribution is 2.29. The number of rotatable bonds is 8. The van der Waals surface area contributed by atoms with Gasteiger partial charge in [0.15, 0.2) is 0 Å². The third-order valence-electron chi connectivity index (χ3n) is 4.25. The van der Waals surface area contributed by atoms with E-state index in [1.54, 1.807) is 25.1 Å². The van der Waals surface area contributed by atoms with Gasteiger partial charge in [0, 0.05) is 15.6 Å². The van der Waals surface area contributed by atoms with Crippen molar-refractivity contribution in [3.05, 3.63) is 58.1 Å².